The quantitative estimate of drug-likeness (QED) is 0.802. The highest BCUT2D eigenvalue weighted by atomic mass is 35.5. The van der Waals surface area contributed by atoms with Gasteiger partial charge in [-0.3, -0.25) is 0 Å². The predicted molar refractivity (Wildman–Crippen MR) is 75.4 cm³/mol. The summed E-state index contributed by atoms with van der Waals surface area (Å²) < 4.78 is 0. The maximum atomic E-state index is 8.82. The topological polar surface area (TPSA) is 27.0 Å². The molecule has 90 valence electrons. The first kappa shape index (κ1) is 12.5. The summed E-state index contributed by atoms with van der Waals surface area (Å²) in [7, 11) is 1.96. The molecule has 0 saturated heterocycles. The van der Waals surface area contributed by atoms with Gasteiger partial charge in [0.25, 0.3) is 0 Å². The second-order valence-electron chi connectivity index (χ2n) is 4.18. The monoisotopic (exact) mass is 256 g/mol. The number of halogens is 1. The lowest BCUT2D eigenvalue weighted by atomic mass is 10.1. The lowest BCUT2D eigenvalue weighted by Gasteiger charge is -2.21. The van der Waals surface area contributed by atoms with E-state index in [-0.39, 0.29) is 0 Å². The van der Waals surface area contributed by atoms with E-state index in [2.05, 4.69) is 25.1 Å². The second kappa shape index (κ2) is 5.12. The Morgan fingerprint density at radius 1 is 1.17 bits per heavy atom. The molecule has 0 unspecified atom stereocenters. The van der Waals surface area contributed by atoms with Crippen molar-refractivity contribution in [2.24, 2.45) is 0 Å². The van der Waals surface area contributed by atoms with Gasteiger partial charge in [0.05, 0.1) is 22.3 Å². The first-order chi connectivity index (χ1) is 8.61. The van der Waals surface area contributed by atoms with Gasteiger partial charge >= 0.3 is 0 Å². The minimum atomic E-state index is 0.571. The maximum Gasteiger partial charge on any atom is 0.0992 e. The molecule has 3 heteroatoms. The van der Waals surface area contributed by atoms with Crippen molar-refractivity contribution < 1.29 is 0 Å². The Kier molecular flexibility index (Phi) is 3.55. The molecular formula is C15H13ClN2. The van der Waals surface area contributed by atoms with Crippen LogP contribution >= 0.6 is 11.6 Å². The molecule has 0 N–H and O–H groups in total. The highest BCUT2D eigenvalue weighted by Crippen LogP contribution is 2.31. The zero-order valence-electron chi connectivity index (χ0n) is 10.3. The van der Waals surface area contributed by atoms with Crippen molar-refractivity contribution in [3.05, 3.63) is 58.6 Å². The van der Waals surface area contributed by atoms with Crippen molar-refractivity contribution in [1.29, 1.82) is 5.26 Å². The standard InChI is InChI=1S/C15H13ClN2/c1-11-4-3-5-13(8-11)18(2)15-7-6-12(10-17)9-14(15)16/h3-9H,1-2H3. The first-order valence-corrected chi connectivity index (χ1v) is 5.99. The maximum absolute atomic E-state index is 8.82. The number of nitrogens with zero attached hydrogens (tertiary/aromatic N) is 2. The van der Waals surface area contributed by atoms with E-state index in [0.29, 0.717) is 10.6 Å². The largest absolute Gasteiger partial charge is 0.343 e. The van der Waals surface area contributed by atoms with Crippen LogP contribution in [0.25, 0.3) is 0 Å². The van der Waals surface area contributed by atoms with Crippen LogP contribution in [-0.2, 0) is 0 Å². The minimum Gasteiger partial charge on any atom is -0.343 e. The van der Waals surface area contributed by atoms with E-state index in [1.54, 1.807) is 12.1 Å². The number of benzene rings is 2. The SMILES string of the molecule is Cc1cccc(N(C)c2ccc(C#N)cc2Cl)c1. The third-order valence-electron chi connectivity index (χ3n) is 2.83. The highest BCUT2D eigenvalue weighted by Gasteiger charge is 2.08. The van der Waals surface area contributed by atoms with Gasteiger partial charge in [-0.05, 0) is 42.8 Å². The summed E-state index contributed by atoms with van der Waals surface area (Å²) in [5, 5.41) is 9.40. The number of aryl methyl sites for hydroxylation is 1. The Morgan fingerprint density at radius 3 is 2.56 bits per heavy atom. The Labute approximate surface area is 112 Å². The molecule has 0 bridgehead atoms. The number of nitriles is 1. The van der Waals surface area contributed by atoms with Gasteiger partial charge in [0.1, 0.15) is 0 Å². The zero-order chi connectivity index (χ0) is 13.1. The van der Waals surface area contributed by atoms with Crippen LogP contribution in [-0.4, -0.2) is 7.05 Å². The van der Waals surface area contributed by atoms with Crippen molar-refractivity contribution in [2.75, 3.05) is 11.9 Å². The average Bonchev–Trinajstić information content (AvgIpc) is 2.37. The van der Waals surface area contributed by atoms with Crippen molar-refractivity contribution >= 4 is 23.0 Å². The molecule has 0 radical (unpaired) electrons. The van der Waals surface area contributed by atoms with E-state index >= 15 is 0 Å². The zero-order valence-corrected chi connectivity index (χ0v) is 11.1. The molecule has 2 aromatic rings. The molecule has 0 atom stereocenters. The summed E-state index contributed by atoms with van der Waals surface area (Å²) in [4.78, 5) is 2.01. The molecule has 2 rings (SSSR count). The Bertz CT molecular complexity index is 614. The van der Waals surface area contributed by atoms with Crippen LogP contribution in [0.3, 0.4) is 0 Å². The fraction of sp³-hybridized carbons (Fsp3) is 0.133. The summed E-state index contributed by atoms with van der Waals surface area (Å²) >= 11 is 6.20. The van der Waals surface area contributed by atoms with Crippen molar-refractivity contribution in [1.82, 2.24) is 0 Å². The molecule has 0 aliphatic heterocycles. The van der Waals surface area contributed by atoms with Crippen LogP contribution in [0.15, 0.2) is 42.5 Å². The highest BCUT2D eigenvalue weighted by molar-refractivity contribution is 6.33. The van der Waals surface area contributed by atoms with Gasteiger partial charge in [-0.15, -0.1) is 0 Å². The second-order valence-corrected chi connectivity index (χ2v) is 4.58. The van der Waals surface area contributed by atoms with Crippen LogP contribution < -0.4 is 4.90 Å². The van der Waals surface area contributed by atoms with Gasteiger partial charge < -0.3 is 4.90 Å². The molecule has 2 nitrogen and oxygen atoms in total. The van der Waals surface area contributed by atoms with E-state index in [0.717, 1.165) is 11.4 Å². The lowest BCUT2D eigenvalue weighted by Crippen LogP contribution is -2.10. The molecule has 0 aromatic heterocycles. The molecule has 0 saturated carbocycles. The lowest BCUT2D eigenvalue weighted by molar-refractivity contribution is 1.20. The molecular weight excluding hydrogens is 244 g/mol. The van der Waals surface area contributed by atoms with E-state index in [1.807, 2.05) is 30.1 Å². The third kappa shape index (κ3) is 2.47. The van der Waals surface area contributed by atoms with E-state index in [9.17, 15) is 0 Å². The molecule has 0 heterocycles. The van der Waals surface area contributed by atoms with Crippen LogP contribution in [0, 0.1) is 18.3 Å². The molecule has 0 aliphatic carbocycles. The van der Waals surface area contributed by atoms with Crippen molar-refractivity contribution in [3.63, 3.8) is 0 Å². The fourth-order valence-electron chi connectivity index (χ4n) is 1.82. The van der Waals surface area contributed by atoms with Gasteiger partial charge in [-0.25, -0.2) is 0 Å². The van der Waals surface area contributed by atoms with Gasteiger partial charge in [0.15, 0.2) is 0 Å². The van der Waals surface area contributed by atoms with Crippen molar-refractivity contribution in [3.8, 4) is 6.07 Å². The predicted octanol–water partition coefficient (Wildman–Crippen LogP) is 4.29. The normalized spacial score (nSPS) is 9.89. The molecule has 0 amide bonds. The van der Waals surface area contributed by atoms with Gasteiger partial charge in [0.2, 0.25) is 0 Å². The number of rotatable bonds is 2. The van der Waals surface area contributed by atoms with Crippen LogP contribution in [0.4, 0.5) is 11.4 Å². The Balaban J connectivity index is 2.40. The summed E-state index contributed by atoms with van der Waals surface area (Å²) in [6.45, 7) is 2.05. The average molecular weight is 257 g/mol. The first-order valence-electron chi connectivity index (χ1n) is 5.62. The molecule has 0 aliphatic rings. The molecule has 0 fully saturated rings. The Hall–Kier alpha value is -1.98. The van der Waals surface area contributed by atoms with Gasteiger partial charge in [-0.2, -0.15) is 5.26 Å². The van der Waals surface area contributed by atoms with E-state index < -0.39 is 0 Å². The molecule has 18 heavy (non-hydrogen) atoms. The molecule has 0 spiro atoms. The summed E-state index contributed by atoms with van der Waals surface area (Å²) in [6.07, 6.45) is 0. The van der Waals surface area contributed by atoms with Crippen LogP contribution in [0.2, 0.25) is 5.02 Å². The van der Waals surface area contributed by atoms with Crippen LogP contribution in [0.1, 0.15) is 11.1 Å². The summed E-state index contributed by atoms with van der Waals surface area (Å²) in [5.74, 6) is 0. The summed E-state index contributed by atoms with van der Waals surface area (Å²) in [5.41, 5.74) is 3.73. The van der Waals surface area contributed by atoms with Crippen LogP contribution in [0.5, 0.6) is 0 Å². The van der Waals surface area contributed by atoms with E-state index in [1.165, 1.54) is 5.56 Å². The smallest absolute Gasteiger partial charge is 0.0992 e. The minimum absolute atomic E-state index is 0.571. The molecule has 2 aromatic carbocycles. The third-order valence-corrected chi connectivity index (χ3v) is 3.13. The number of hydrogen-bond acceptors (Lipinski definition) is 2. The Morgan fingerprint density at radius 2 is 1.94 bits per heavy atom. The fourth-order valence-corrected chi connectivity index (χ4v) is 2.13. The van der Waals surface area contributed by atoms with Gasteiger partial charge in [-0.1, -0.05) is 23.7 Å². The summed E-state index contributed by atoms with van der Waals surface area (Å²) in [6, 6.07) is 15.6. The number of hydrogen-bond donors (Lipinski definition) is 0. The van der Waals surface area contributed by atoms with Gasteiger partial charge in [0, 0.05) is 12.7 Å². The van der Waals surface area contributed by atoms with E-state index in [4.69, 9.17) is 16.9 Å². The van der Waals surface area contributed by atoms with Crippen molar-refractivity contribution in [2.45, 2.75) is 6.92 Å². The number of anilines is 2.